The second-order valence-corrected chi connectivity index (χ2v) is 6.24. The molecule has 2 amide bonds. The van der Waals surface area contributed by atoms with Gasteiger partial charge in [-0.3, -0.25) is 0 Å². The van der Waals surface area contributed by atoms with Gasteiger partial charge in [-0.25, -0.2) is 9.59 Å². The van der Waals surface area contributed by atoms with Crippen molar-refractivity contribution < 1.29 is 14.7 Å². The lowest BCUT2D eigenvalue weighted by molar-refractivity contribution is -0.141. The fourth-order valence-electron chi connectivity index (χ4n) is 2.69. The molecule has 0 saturated heterocycles. The lowest BCUT2D eigenvalue weighted by Gasteiger charge is -2.28. The summed E-state index contributed by atoms with van der Waals surface area (Å²) in [5.41, 5.74) is 0.628. The molecule has 0 heterocycles. The lowest BCUT2D eigenvalue weighted by Crippen LogP contribution is -2.48. The van der Waals surface area contributed by atoms with Gasteiger partial charge in [0.15, 0.2) is 0 Å². The Labute approximate surface area is 132 Å². The molecule has 0 aromatic heterocycles. The second-order valence-electron chi connectivity index (χ2n) is 5.32. The first-order valence-corrected chi connectivity index (χ1v) is 7.91. The van der Waals surface area contributed by atoms with Gasteiger partial charge in [-0.1, -0.05) is 35.2 Å². The molecule has 1 saturated carbocycles. The van der Waals surface area contributed by atoms with Crippen molar-refractivity contribution in [2.75, 3.05) is 5.32 Å². The average molecular weight is 355 g/mol. The number of urea groups is 1. The first-order valence-electron chi connectivity index (χ1n) is 7.12. The number of carbonyl (C=O) groups excluding carboxylic acids is 1. The molecule has 1 fully saturated rings. The standard InChI is InChI=1S/C15H19BrN2O3/c16-11-6-8-12(9-7-11)17-15(21)18-13(14(19)20)10-4-2-1-3-5-10/h6-10,13H,1-5H2,(H,19,20)(H2,17,18,21). The van der Waals surface area contributed by atoms with Crippen LogP contribution in [0, 0.1) is 5.92 Å². The van der Waals surface area contributed by atoms with E-state index in [1.165, 1.54) is 0 Å². The van der Waals surface area contributed by atoms with Gasteiger partial charge in [0.2, 0.25) is 0 Å². The molecule has 6 heteroatoms. The summed E-state index contributed by atoms with van der Waals surface area (Å²) in [6.07, 6.45) is 4.92. The predicted octanol–water partition coefficient (Wildman–Crippen LogP) is 3.60. The molecule has 5 nitrogen and oxygen atoms in total. The molecule has 114 valence electrons. The van der Waals surface area contributed by atoms with Crippen molar-refractivity contribution in [1.29, 1.82) is 0 Å². The summed E-state index contributed by atoms with van der Waals surface area (Å²) in [6.45, 7) is 0. The summed E-state index contributed by atoms with van der Waals surface area (Å²) in [7, 11) is 0. The normalized spacial score (nSPS) is 17.0. The van der Waals surface area contributed by atoms with E-state index in [0.29, 0.717) is 5.69 Å². The van der Waals surface area contributed by atoms with Crippen molar-refractivity contribution >= 4 is 33.6 Å². The number of hydrogen-bond acceptors (Lipinski definition) is 2. The second kappa shape index (κ2) is 7.45. The van der Waals surface area contributed by atoms with Gasteiger partial charge in [0.05, 0.1) is 0 Å². The molecule has 1 aromatic rings. The Balaban J connectivity index is 1.94. The number of halogens is 1. The van der Waals surface area contributed by atoms with Crippen LogP contribution in [0.2, 0.25) is 0 Å². The zero-order valence-electron chi connectivity index (χ0n) is 11.6. The van der Waals surface area contributed by atoms with Gasteiger partial charge in [0.1, 0.15) is 6.04 Å². The Morgan fingerprint density at radius 2 is 1.76 bits per heavy atom. The van der Waals surface area contributed by atoms with Crippen molar-refractivity contribution in [2.45, 2.75) is 38.1 Å². The van der Waals surface area contributed by atoms with Gasteiger partial charge in [-0.2, -0.15) is 0 Å². The van der Waals surface area contributed by atoms with E-state index in [-0.39, 0.29) is 5.92 Å². The number of benzene rings is 1. The van der Waals surface area contributed by atoms with E-state index < -0.39 is 18.0 Å². The summed E-state index contributed by atoms with van der Waals surface area (Å²) < 4.78 is 0.916. The van der Waals surface area contributed by atoms with Crippen LogP contribution in [0.4, 0.5) is 10.5 Å². The number of anilines is 1. The number of hydrogen-bond donors (Lipinski definition) is 3. The van der Waals surface area contributed by atoms with Crippen LogP contribution < -0.4 is 10.6 Å². The molecule has 3 N–H and O–H groups in total. The highest BCUT2D eigenvalue weighted by Crippen LogP contribution is 2.26. The van der Waals surface area contributed by atoms with Crippen molar-refractivity contribution in [1.82, 2.24) is 5.32 Å². The highest BCUT2D eigenvalue weighted by Gasteiger charge is 2.30. The Morgan fingerprint density at radius 1 is 1.14 bits per heavy atom. The molecular weight excluding hydrogens is 336 g/mol. The van der Waals surface area contributed by atoms with Crippen molar-refractivity contribution in [3.8, 4) is 0 Å². The first kappa shape index (κ1) is 15.8. The van der Waals surface area contributed by atoms with Gasteiger partial charge in [0.25, 0.3) is 0 Å². The summed E-state index contributed by atoms with van der Waals surface area (Å²) in [5.74, 6) is -0.945. The summed E-state index contributed by atoms with van der Waals surface area (Å²) in [4.78, 5) is 23.3. The Bertz CT molecular complexity index is 498. The maximum Gasteiger partial charge on any atom is 0.326 e. The number of aliphatic carboxylic acids is 1. The Hall–Kier alpha value is -1.56. The maximum absolute atomic E-state index is 12.0. The molecular formula is C15H19BrN2O3. The van der Waals surface area contributed by atoms with E-state index in [9.17, 15) is 14.7 Å². The van der Waals surface area contributed by atoms with Crippen LogP contribution in [0.15, 0.2) is 28.7 Å². The lowest BCUT2D eigenvalue weighted by atomic mass is 9.84. The van der Waals surface area contributed by atoms with Crippen LogP contribution in [-0.4, -0.2) is 23.1 Å². The minimum absolute atomic E-state index is 0.0203. The van der Waals surface area contributed by atoms with E-state index in [2.05, 4.69) is 26.6 Å². The van der Waals surface area contributed by atoms with Crippen molar-refractivity contribution in [2.24, 2.45) is 5.92 Å². The van der Waals surface area contributed by atoms with Crippen LogP contribution in [0.5, 0.6) is 0 Å². The Morgan fingerprint density at radius 3 is 2.33 bits per heavy atom. The number of rotatable bonds is 4. The van der Waals surface area contributed by atoms with Crippen LogP contribution in [0.1, 0.15) is 32.1 Å². The highest BCUT2D eigenvalue weighted by molar-refractivity contribution is 9.10. The molecule has 0 spiro atoms. The number of amides is 2. The monoisotopic (exact) mass is 354 g/mol. The molecule has 1 aromatic carbocycles. The van der Waals surface area contributed by atoms with E-state index in [4.69, 9.17) is 0 Å². The summed E-state index contributed by atoms with van der Waals surface area (Å²) in [5, 5.41) is 14.6. The molecule has 0 aliphatic heterocycles. The van der Waals surface area contributed by atoms with E-state index >= 15 is 0 Å². The smallest absolute Gasteiger partial charge is 0.326 e. The molecule has 0 radical (unpaired) electrons. The number of nitrogens with one attached hydrogen (secondary N) is 2. The minimum Gasteiger partial charge on any atom is -0.480 e. The van der Waals surface area contributed by atoms with Gasteiger partial charge in [0, 0.05) is 10.2 Å². The average Bonchev–Trinajstić information content (AvgIpc) is 2.48. The molecule has 1 aliphatic rings. The quantitative estimate of drug-likeness (QED) is 0.772. The van der Waals surface area contributed by atoms with E-state index in [1.54, 1.807) is 12.1 Å². The summed E-state index contributed by atoms with van der Waals surface area (Å²) >= 11 is 3.32. The van der Waals surface area contributed by atoms with Gasteiger partial charge < -0.3 is 15.7 Å². The fourth-order valence-corrected chi connectivity index (χ4v) is 2.95. The minimum atomic E-state index is -0.965. The zero-order chi connectivity index (χ0) is 15.2. The molecule has 21 heavy (non-hydrogen) atoms. The predicted molar refractivity (Wildman–Crippen MR) is 84.3 cm³/mol. The van der Waals surface area contributed by atoms with Crippen LogP contribution >= 0.6 is 15.9 Å². The first-order chi connectivity index (χ1) is 10.1. The Kier molecular flexibility index (Phi) is 5.61. The molecule has 2 rings (SSSR count). The van der Waals surface area contributed by atoms with Gasteiger partial charge in [-0.05, 0) is 43.0 Å². The van der Waals surface area contributed by atoms with Crippen LogP contribution in [0.3, 0.4) is 0 Å². The summed E-state index contributed by atoms with van der Waals surface area (Å²) in [6, 6.07) is 5.83. The number of carboxylic acids is 1. The molecule has 0 bridgehead atoms. The van der Waals surface area contributed by atoms with E-state index in [1.807, 2.05) is 12.1 Å². The maximum atomic E-state index is 12.0. The topological polar surface area (TPSA) is 78.4 Å². The van der Waals surface area contributed by atoms with Crippen LogP contribution in [-0.2, 0) is 4.79 Å². The molecule has 1 unspecified atom stereocenters. The zero-order valence-corrected chi connectivity index (χ0v) is 13.2. The molecule has 1 atom stereocenters. The van der Waals surface area contributed by atoms with Crippen molar-refractivity contribution in [3.05, 3.63) is 28.7 Å². The fraction of sp³-hybridized carbons (Fsp3) is 0.467. The SMILES string of the molecule is O=C(Nc1ccc(Br)cc1)NC(C(=O)O)C1CCCCC1. The van der Waals surface area contributed by atoms with Crippen molar-refractivity contribution in [3.63, 3.8) is 0 Å². The van der Waals surface area contributed by atoms with Gasteiger partial charge in [-0.15, -0.1) is 0 Å². The van der Waals surface area contributed by atoms with Crippen LogP contribution in [0.25, 0.3) is 0 Å². The third-order valence-corrected chi connectivity index (χ3v) is 4.30. The number of carbonyl (C=O) groups is 2. The highest BCUT2D eigenvalue weighted by atomic mass is 79.9. The van der Waals surface area contributed by atoms with E-state index in [0.717, 1.165) is 36.6 Å². The third-order valence-electron chi connectivity index (χ3n) is 3.78. The van der Waals surface area contributed by atoms with Gasteiger partial charge >= 0.3 is 12.0 Å². The largest absolute Gasteiger partial charge is 0.480 e. The molecule has 1 aliphatic carbocycles. The third kappa shape index (κ3) is 4.74. The number of carboxylic acid groups (broad SMARTS) is 1.